The molecule has 1 unspecified atom stereocenters. The fraction of sp³-hybridized carbons (Fsp3) is 0.462. The summed E-state index contributed by atoms with van der Waals surface area (Å²) in [7, 11) is 0. The number of nitrogens with zero attached hydrogens (tertiary/aromatic N) is 2. The fourth-order valence-corrected chi connectivity index (χ4v) is 1.83. The average molecular weight is 249 g/mol. The molecule has 5 heteroatoms. The quantitative estimate of drug-likeness (QED) is 0.478. The Hall–Kier alpha value is -1.75. The summed E-state index contributed by atoms with van der Waals surface area (Å²) in [5.41, 5.74) is 2.13. The molecule has 1 N–H and O–H groups in total. The average Bonchev–Trinajstić information content (AvgIpc) is 2.28. The van der Waals surface area contributed by atoms with Crippen LogP contribution in [0.2, 0.25) is 0 Å². The number of nitrogens with one attached hydrogen (secondary N) is 1. The zero-order valence-corrected chi connectivity index (χ0v) is 11.1. The smallest absolute Gasteiger partial charge is 0.278 e. The van der Waals surface area contributed by atoms with Crippen LogP contribution < -0.4 is 5.32 Å². The van der Waals surface area contributed by atoms with Gasteiger partial charge in [-0.25, -0.2) is 0 Å². The molecule has 1 aromatic heterocycles. The van der Waals surface area contributed by atoms with Gasteiger partial charge in [-0.3, -0.25) is 15.1 Å². The molecule has 0 aromatic carbocycles. The highest BCUT2D eigenvalue weighted by atomic mass is 16.6. The monoisotopic (exact) mass is 249 g/mol. The van der Waals surface area contributed by atoms with Gasteiger partial charge in [0.2, 0.25) is 0 Å². The summed E-state index contributed by atoms with van der Waals surface area (Å²) in [5.74, 6) is 0. The summed E-state index contributed by atoms with van der Waals surface area (Å²) >= 11 is 0. The Balaban J connectivity index is 2.88. The van der Waals surface area contributed by atoms with E-state index in [1.165, 1.54) is 0 Å². The van der Waals surface area contributed by atoms with E-state index in [1.807, 2.05) is 13.0 Å². The largest absolute Gasteiger partial charge is 0.308 e. The molecule has 0 aliphatic carbocycles. The topological polar surface area (TPSA) is 68.1 Å². The number of pyridine rings is 1. The van der Waals surface area contributed by atoms with Crippen LogP contribution in [0.5, 0.6) is 0 Å². The van der Waals surface area contributed by atoms with E-state index in [4.69, 9.17) is 0 Å². The van der Waals surface area contributed by atoms with Crippen LogP contribution in [0.1, 0.15) is 30.2 Å². The third kappa shape index (κ3) is 3.37. The first kappa shape index (κ1) is 14.3. The van der Waals surface area contributed by atoms with E-state index in [-0.39, 0.29) is 16.7 Å². The van der Waals surface area contributed by atoms with Crippen molar-refractivity contribution in [1.82, 2.24) is 10.3 Å². The van der Waals surface area contributed by atoms with E-state index < -0.39 is 0 Å². The molecule has 98 valence electrons. The Bertz CT molecular complexity index is 458. The van der Waals surface area contributed by atoms with Gasteiger partial charge >= 0.3 is 0 Å². The molecule has 1 heterocycles. The predicted octanol–water partition coefficient (Wildman–Crippen LogP) is 2.66. The Morgan fingerprint density at radius 2 is 2.28 bits per heavy atom. The van der Waals surface area contributed by atoms with Crippen LogP contribution in [-0.4, -0.2) is 15.9 Å². The Kier molecular flexibility index (Phi) is 4.97. The molecular weight excluding hydrogens is 230 g/mol. The summed E-state index contributed by atoms with van der Waals surface area (Å²) < 4.78 is 0. The van der Waals surface area contributed by atoms with Crippen molar-refractivity contribution in [2.45, 2.75) is 39.8 Å². The zero-order valence-electron chi connectivity index (χ0n) is 11.1. The van der Waals surface area contributed by atoms with E-state index in [1.54, 1.807) is 20.0 Å². The lowest BCUT2D eigenvalue weighted by molar-refractivity contribution is -0.386. The van der Waals surface area contributed by atoms with Gasteiger partial charge in [-0.1, -0.05) is 6.08 Å². The number of aryl methyl sites for hydroxylation is 1. The highest BCUT2D eigenvalue weighted by Gasteiger charge is 2.18. The number of hydrogen-bond donors (Lipinski definition) is 1. The van der Waals surface area contributed by atoms with Gasteiger partial charge in [-0.2, -0.15) is 0 Å². The molecular formula is C13H19N3O2. The molecule has 1 rings (SSSR count). The number of rotatable bonds is 6. The van der Waals surface area contributed by atoms with Gasteiger partial charge in [0, 0.05) is 29.9 Å². The minimum Gasteiger partial charge on any atom is -0.308 e. The molecule has 1 aromatic rings. The highest BCUT2D eigenvalue weighted by molar-refractivity contribution is 5.47. The Labute approximate surface area is 107 Å². The van der Waals surface area contributed by atoms with Crippen LogP contribution in [0.15, 0.2) is 18.9 Å². The van der Waals surface area contributed by atoms with Crippen molar-refractivity contribution in [3.63, 3.8) is 0 Å². The third-order valence-corrected chi connectivity index (χ3v) is 2.90. The minimum absolute atomic E-state index is 0.165. The summed E-state index contributed by atoms with van der Waals surface area (Å²) in [6, 6.07) is 0.282. The van der Waals surface area contributed by atoms with Crippen LogP contribution in [0.3, 0.4) is 0 Å². The molecule has 18 heavy (non-hydrogen) atoms. The van der Waals surface area contributed by atoms with Crippen LogP contribution >= 0.6 is 0 Å². The summed E-state index contributed by atoms with van der Waals surface area (Å²) in [6.45, 7) is 9.70. The van der Waals surface area contributed by atoms with Gasteiger partial charge in [0.05, 0.1) is 10.6 Å². The maximum absolute atomic E-state index is 11.0. The molecule has 5 nitrogen and oxygen atoms in total. The lowest BCUT2D eigenvalue weighted by Crippen LogP contribution is -2.25. The van der Waals surface area contributed by atoms with Crippen molar-refractivity contribution in [3.8, 4) is 0 Å². The van der Waals surface area contributed by atoms with E-state index in [0.717, 1.165) is 12.1 Å². The second-order valence-corrected chi connectivity index (χ2v) is 4.42. The summed E-state index contributed by atoms with van der Waals surface area (Å²) in [6.07, 6.45) is 4.25. The van der Waals surface area contributed by atoms with Gasteiger partial charge in [-0.15, -0.1) is 6.58 Å². The van der Waals surface area contributed by atoms with Crippen molar-refractivity contribution in [1.29, 1.82) is 0 Å². The molecule has 0 aliphatic heterocycles. The maximum Gasteiger partial charge on any atom is 0.278 e. The predicted molar refractivity (Wildman–Crippen MR) is 71.5 cm³/mol. The highest BCUT2D eigenvalue weighted by Crippen LogP contribution is 2.23. The molecule has 0 radical (unpaired) electrons. The van der Waals surface area contributed by atoms with Crippen molar-refractivity contribution < 1.29 is 4.92 Å². The molecule has 0 spiro atoms. The molecule has 0 amide bonds. The van der Waals surface area contributed by atoms with Crippen LogP contribution in [0.25, 0.3) is 0 Å². The van der Waals surface area contributed by atoms with E-state index in [2.05, 4.69) is 16.9 Å². The molecule has 0 fully saturated rings. The number of aromatic nitrogens is 1. The molecule has 0 bridgehead atoms. The van der Waals surface area contributed by atoms with Gasteiger partial charge in [0.1, 0.15) is 0 Å². The van der Waals surface area contributed by atoms with E-state index in [0.29, 0.717) is 17.7 Å². The minimum atomic E-state index is -0.344. The van der Waals surface area contributed by atoms with E-state index in [9.17, 15) is 10.1 Å². The Morgan fingerprint density at radius 3 is 2.83 bits per heavy atom. The standard InChI is InChI=1S/C13H19N3O2/c1-5-6-10(3)14-8-12-11(4)13(16(17)18)9(2)7-15-12/h5,7,10,14H,1,6,8H2,2-4H3. The van der Waals surface area contributed by atoms with Crippen LogP contribution in [-0.2, 0) is 6.54 Å². The van der Waals surface area contributed by atoms with Gasteiger partial charge in [0.25, 0.3) is 5.69 Å². The number of hydrogen-bond acceptors (Lipinski definition) is 4. The first-order valence-electron chi connectivity index (χ1n) is 5.91. The van der Waals surface area contributed by atoms with Crippen molar-refractivity contribution in [3.05, 3.63) is 45.8 Å². The maximum atomic E-state index is 11.0. The van der Waals surface area contributed by atoms with Gasteiger partial charge in [0.15, 0.2) is 0 Å². The molecule has 0 aliphatic rings. The second-order valence-electron chi connectivity index (χ2n) is 4.42. The summed E-state index contributed by atoms with van der Waals surface area (Å²) in [4.78, 5) is 14.9. The molecule has 0 saturated heterocycles. The zero-order chi connectivity index (χ0) is 13.7. The normalized spacial score (nSPS) is 12.2. The van der Waals surface area contributed by atoms with Crippen LogP contribution in [0.4, 0.5) is 5.69 Å². The lowest BCUT2D eigenvalue weighted by Gasteiger charge is -2.13. The van der Waals surface area contributed by atoms with Gasteiger partial charge in [-0.05, 0) is 27.2 Å². The third-order valence-electron chi connectivity index (χ3n) is 2.90. The number of nitro groups is 1. The van der Waals surface area contributed by atoms with Crippen molar-refractivity contribution >= 4 is 5.69 Å². The second kappa shape index (κ2) is 6.26. The van der Waals surface area contributed by atoms with Crippen LogP contribution in [0, 0.1) is 24.0 Å². The fourth-order valence-electron chi connectivity index (χ4n) is 1.83. The van der Waals surface area contributed by atoms with Crippen molar-refractivity contribution in [2.24, 2.45) is 0 Å². The first-order chi connectivity index (χ1) is 8.47. The SMILES string of the molecule is C=CCC(C)NCc1ncc(C)c([N+](=O)[O-])c1C. The van der Waals surface area contributed by atoms with E-state index >= 15 is 0 Å². The summed E-state index contributed by atoms with van der Waals surface area (Å²) in [5, 5.41) is 14.2. The first-order valence-corrected chi connectivity index (χ1v) is 5.91. The Morgan fingerprint density at radius 1 is 1.61 bits per heavy atom. The lowest BCUT2D eigenvalue weighted by atomic mass is 10.1. The van der Waals surface area contributed by atoms with Crippen molar-refractivity contribution in [2.75, 3.05) is 0 Å². The molecule has 1 atom stereocenters. The molecule has 0 saturated carbocycles. The van der Waals surface area contributed by atoms with Gasteiger partial charge < -0.3 is 5.32 Å².